The molecule has 3 nitrogen and oxygen atoms in total. The number of aliphatic hydroxyl groups is 1. The van der Waals surface area contributed by atoms with Gasteiger partial charge in [-0.15, -0.1) is 11.3 Å². The molecule has 1 unspecified atom stereocenters. The Balaban J connectivity index is 2.40. The van der Waals surface area contributed by atoms with Crippen LogP contribution in [-0.2, 0) is 11.2 Å². The Labute approximate surface area is 82.4 Å². The van der Waals surface area contributed by atoms with E-state index in [-0.39, 0.29) is 0 Å². The second kappa shape index (κ2) is 5.32. The van der Waals surface area contributed by atoms with Gasteiger partial charge in [0.1, 0.15) is 0 Å². The molecule has 1 N–H and O–H groups in total. The second-order valence-corrected chi connectivity index (χ2v) is 3.73. The Hall–Kier alpha value is -0.450. The number of hydrogen-bond donors (Lipinski definition) is 1. The molecule has 4 heteroatoms. The van der Waals surface area contributed by atoms with Gasteiger partial charge in [-0.05, 0) is 13.8 Å². The standard InChI is InChI=1S/C9H15NO2S/c1-3-12-5-4-9-10-8(6-13-9)7(2)11/h6-7,11H,3-5H2,1-2H3. The lowest BCUT2D eigenvalue weighted by Gasteiger charge is -1.98. The fourth-order valence-corrected chi connectivity index (χ4v) is 1.80. The number of rotatable bonds is 5. The molecule has 1 aromatic heterocycles. The van der Waals surface area contributed by atoms with E-state index in [0.717, 1.165) is 23.7 Å². The first-order valence-corrected chi connectivity index (χ1v) is 5.32. The monoisotopic (exact) mass is 201 g/mol. The fraction of sp³-hybridized carbons (Fsp3) is 0.667. The van der Waals surface area contributed by atoms with E-state index in [2.05, 4.69) is 4.98 Å². The van der Waals surface area contributed by atoms with Crippen LogP contribution >= 0.6 is 11.3 Å². The topological polar surface area (TPSA) is 42.4 Å². The van der Waals surface area contributed by atoms with Gasteiger partial charge in [0, 0.05) is 18.4 Å². The number of thiazole rings is 1. The Morgan fingerprint density at radius 2 is 2.46 bits per heavy atom. The van der Waals surface area contributed by atoms with Crippen LogP contribution in [0.3, 0.4) is 0 Å². The third kappa shape index (κ3) is 3.42. The number of ether oxygens (including phenoxy) is 1. The summed E-state index contributed by atoms with van der Waals surface area (Å²) in [6.07, 6.45) is 0.377. The molecule has 0 aliphatic carbocycles. The Morgan fingerprint density at radius 1 is 1.69 bits per heavy atom. The summed E-state index contributed by atoms with van der Waals surface area (Å²) in [7, 11) is 0. The zero-order valence-corrected chi connectivity index (χ0v) is 8.80. The molecule has 1 heterocycles. The van der Waals surface area contributed by atoms with Crippen LogP contribution in [0.2, 0.25) is 0 Å². The maximum atomic E-state index is 9.22. The molecule has 74 valence electrons. The Bertz CT molecular complexity index is 248. The fourth-order valence-electron chi connectivity index (χ4n) is 0.936. The molecule has 0 radical (unpaired) electrons. The number of hydrogen-bond acceptors (Lipinski definition) is 4. The van der Waals surface area contributed by atoms with E-state index >= 15 is 0 Å². The summed E-state index contributed by atoms with van der Waals surface area (Å²) in [4.78, 5) is 4.27. The van der Waals surface area contributed by atoms with E-state index in [4.69, 9.17) is 4.74 Å². The minimum absolute atomic E-state index is 0.461. The highest BCUT2D eigenvalue weighted by atomic mass is 32.1. The molecule has 1 rings (SSSR count). The summed E-state index contributed by atoms with van der Waals surface area (Å²) in [6.45, 7) is 5.16. The van der Waals surface area contributed by atoms with Gasteiger partial charge in [-0.3, -0.25) is 0 Å². The average Bonchev–Trinajstić information content (AvgIpc) is 2.53. The van der Waals surface area contributed by atoms with E-state index in [1.165, 1.54) is 0 Å². The minimum atomic E-state index is -0.461. The van der Waals surface area contributed by atoms with Gasteiger partial charge in [0.15, 0.2) is 0 Å². The van der Waals surface area contributed by atoms with Gasteiger partial charge < -0.3 is 9.84 Å². The van der Waals surface area contributed by atoms with Crippen LogP contribution in [0.5, 0.6) is 0 Å². The van der Waals surface area contributed by atoms with Crippen LogP contribution < -0.4 is 0 Å². The molecule has 1 atom stereocenters. The zero-order valence-electron chi connectivity index (χ0n) is 7.99. The molecule has 0 fully saturated rings. The molecule has 13 heavy (non-hydrogen) atoms. The van der Waals surface area contributed by atoms with E-state index in [1.807, 2.05) is 12.3 Å². The van der Waals surface area contributed by atoms with Gasteiger partial charge in [0.25, 0.3) is 0 Å². The van der Waals surface area contributed by atoms with E-state index < -0.39 is 6.10 Å². The smallest absolute Gasteiger partial charge is 0.0952 e. The van der Waals surface area contributed by atoms with Gasteiger partial charge in [0.05, 0.1) is 23.4 Å². The highest BCUT2D eigenvalue weighted by Gasteiger charge is 2.05. The summed E-state index contributed by atoms with van der Waals surface area (Å²) < 4.78 is 5.21. The first kappa shape index (κ1) is 10.6. The lowest BCUT2D eigenvalue weighted by atomic mass is 10.3. The highest BCUT2D eigenvalue weighted by molar-refractivity contribution is 7.09. The summed E-state index contributed by atoms with van der Waals surface area (Å²) in [5.41, 5.74) is 0.761. The third-order valence-electron chi connectivity index (χ3n) is 1.66. The van der Waals surface area contributed by atoms with Crippen LogP contribution in [-0.4, -0.2) is 23.3 Å². The molecular weight excluding hydrogens is 186 g/mol. The van der Waals surface area contributed by atoms with Gasteiger partial charge in [0.2, 0.25) is 0 Å². The van der Waals surface area contributed by atoms with Gasteiger partial charge >= 0.3 is 0 Å². The van der Waals surface area contributed by atoms with Gasteiger partial charge in [-0.25, -0.2) is 4.98 Å². The van der Waals surface area contributed by atoms with Crippen LogP contribution in [0, 0.1) is 0 Å². The van der Waals surface area contributed by atoms with Crippen LogP contribution in [0.4, 0.5) is 0 Å². The van der Waals surface area contributed by atoms with E-state index in [9.17, 15) is 5.11 Å². The van der Waals surface area contributed by atoms with Crippen LogP contribution in [0.15, 0.2) is 5.38 Å². The Kier molecular flexibility index (Phi) is 4.35. The zero-order chi connectivity index (χ0) is 9.68. The summed E-state index contributed by atoms with van der Waals surface area (Å²) in [5, 5.41) is 12.1. The van der Waals surface area contributed by atoms with Crippen molar-refractivity contribution in [2.24, 2.45) is 0 Å². The maximum Gasteiger partial charge on any atom is 0.0952 e. The second-order valence-electron chi connectivity index (χ2n) is 2.79. The minimum Gasteiger partial charge on any atom is -0.387 e. The average molecular weight is 201 g/mol. The van der Waals surface area contributed by atoms with Crippen molar-refractivity contribution >= 4 is 11.3 Å². The summed E-state index contributed by atoms with van der Waals surface area (Å²) in [6, 6.07) is 0. The van der Waals surface area contributed by atoms with Crippen molar-refractivity contribution in [1.82, 2.24) is 4.98 Å². The third-order valence-corrected chi connectivity index (χ3v) is 2.59. The lowest BCUT2D eigenvalue weighted by Crippen LogP contribution is -1.98. The molecule has 0 aliphatic heterocycles. The van der Waals surface area contributed by atoms with Crippen molar-refractivity contribution in [2.45, 2.75) is 26.4 Å². The number of nitrogens with zero attached hydrogens (tertiary/aromatic N) is 1. The van der Waals surface area contributed by atoms with Crippen molar-refractivity contribution in [3.8, 4) is 0 Å². The first-order chi connectivity index (χ1) is 6.24. The maximum absolute atomic E-state index is 9.22. The van der Waals surface area contributed by atoms with Gasteiger partial charge in [-0.2, -0.15) is 0 Å². The van der Waals surface area contributed by atoms with E-state index in [0.29, 0.717) is 6.61 Å². The molecule has 0 saturated carbocycles. The molecule has 0 bridgehead atoms. The highest BCUT2D eigenvalue weighted by Crippen LogP contribution is 2.16. The molecule has 0 aromatic carbocycles. The largest absolute Gasteiger partial charge is 0.387 e. The van der Waals surface area contributed by atoms with Crippen LogP contribution in [0.1, 0.15) is 30.7 Å². The summed E-state index contributed by atoms with van der Waals surface area (Å²) in [5.74, 6) is 0. The van der Waals surface area contributed by atoms with Crippen molar-refractivity contribution < 1.29 is 9.84 Å². The molecule has 0 aliphatic rings. The molecule has 0 spiro atoms. The van der Waals surface area contributed by atoms with Gasteiger partial charge in [-0.1, -0.05) is 0 Å². The van der Waals surface area contributed by atoms with Crippen molar-refractivity contribution in [3.05, 3.63) is 16.1 Å². The molecular formula is C9H15NO2S. The van der Waals surface area contributed by atoms with Crippen molar-refractivity contribution in [3.63, 3.8) is 0 Å². The first-order valence-electron chi connectivity index (χ1n) is 4.44. The molecule has 0 amide bonds. The lowest BCUT2D eigenvalue weighted by molar-refractivity contribution is 0.150. The SMILES string of the molecule is CCOCCc1nc(C(C)O)cs1. The summed E-state index contributed by atoms with van der Waals surface area (Å²) >= 11 is 1.58. The molecule has 0 saturated heterocycles. The predicted molar refractivity (Wildman–Crippen MR) is 52.9 cm³/mol. The van der Waals surface area contributed by atoms with E-state index in [1.54, 1.807) is 18.3 Å². The van der Waals surface area contributed by atoms with Crippen molar-refractivity contribution in [1.29, 1.82) is 0 Å². The number of aliphatic hydroxyl groups excluding tert-OH is 1. The molecule has 1 aromatic rings. The normalized spacial score (nSPS) is 13.2. The predicted octanol–water partition coefficient (Wildman–Crippen LogP) is 1.78. The van der Waals surface area contributed by atoms with Crippen LogP contribution in [0.25, 0.3) is 0 Å². The van der Waals surface area contributed by atoms with Crippen molar-refractivity contribution in [2.75, 3.05) is 13.2 Å². The Morgan fingerprint density at radius 3 is 3.00 bits per heavy atom. The quantitative estimate of drug-likeness (QED) is 0.738. The number of aromatic nitrogens is 1.